The van der Waals surface area contributed by atoms with Gasteiger partial charge in [-0.25, -0.2) is 19.0 Å². The van der Waals surface area contributed by atoms with Crippen LogP contribution < -0.4 is 20.7 Å². The molecule has 0 aromatic heterocycles. The van der Waals surface area contributed by atoms with Crippen molar-refractivity contribution >= 4 is 53.1 Å². The van der Waals surface area contributed by atoms with Crippen molar-refractivity contribution in [2.24, 2.45) is 22.7 Å². The summed E-state index contributed by atoms with van der Waals surface area (Å²) >= 11 is 0.697. The molecule has 1 heterocycles. The van der Waals surface area contributed by atoms with Crippen LogP contribution in [0.5, 0.6) is 0 Å². The number of carbonyl (C=O) groups is 5. The fourth-order valence-electron chi connectivity index (χ4n) is 5.73. The standard InChI is InChI=1S/C38H47F4N5O7S/c1-36(2,3)53-34(51)27(43-35(52)54-37(4,5)6)20-55-47-32(49)25(19-21-15-16-21)23(17-18-38(40,41)42)31(48)46-30-33(50)45-29-24(13-10-14-26(29)39)28(44-30)22-11-8-7-9-12-22/h7-14,21,23,25,27,30H,15-20H2,1-6H3,(H,43,52)(H,45,50)(H,46,48)(H,47,49). The number of hydrogen-bond acceptors (Lipinski definition) is 9. The average molecular weight is 794 g/mol. The average Bonchev–Trinajstić information content (AvgIpc) is 3.90. The molecule has 2 aromatic carbocycles. The summed E-state index contributed by atoms with van der Waals surface area (Å²) < 4.78 is 69.2. The molecule has 2 aromatic rings. The number of alkyl halides is 3. The Hall–Kier alpha value is -4.67. The van der Waals surface area contributed by atoms with Crippen molar-refractivity contribution in [3.8, 4) is 0 Å². The minimum Gasteiger partial charge on any atom is -0.458 e. The van der Waals surface area contributed by atoms with Crippen LogP contribution in [0.15, 0.2) is 53.5 Å². The molecule has 0 spiro atoms. The first kappa shape index (κ1) is 43.1. The lowest BCUT2D eigenvalue weighted by Crippen LogP contribution is -2.49. The Bertz CT molecular complexity index is 1760. The molecule has 300 valence electrons. The number of ether oxygens (including phenoxy) is 2. The van der Waals surface area contributed by atoms with Crippen molar-refractivity contribution in [2.45, 2.75) is 103 Å². The molecular weight excluding hydrogens is 747 g/mol. The van der Waals surface area contributed by atoms with Crippen molar-refractivity contribution in [3.63, 3.8) is 0 Å². The van der Waals surface area contributed by atoms with Crippen LogP contribution in [-0.4, -0.2) is 70.8 Å². The largest absolute Gasteiger partial charge is 0.458 e. The zero-order valence-electron chi connectivity index (χ0n) is 31.5. The molecule has 0 bridgehead atoms. The Kier molecular flexibility index (Phi) is 14.0. The van der Waals surface area contributed by atoms with Gasteiger partial charge in [0.1, 0.15) is 23.1 Å². The van der Waals surface area contributed by atoms with E-state index in [1.165, 1.54) is 12.1 Å². The summed E-state index contributed by atoms with van der Waals surface area (Å²) in [7, 11) is 0. The summed E-state index contributed by atoms with van der Waals surface area (Å²) in [5.74, 6) is -7.50. The molecule has 1 aliphatic carbocycles. The molecule has 4 atom stereocenters. The predicted octanol–water partition coefficient (Wildman–Crippen LogP) is 6.43. The Morgan fingerprint density at radius 3 is 2.16 bits per heavy atom. The van der Waals surface area contributed by atoms with Crippen molar-refractivity contribution in [2.75, 3.05) is 11.1 Å². The van der Waals surface area contributed by atoms with E-state index in [9.17, 15) is 41.5 Å². The Labute approximate surface area is 321 Å². The molecule has 17 heteroatoms. The van der Waals surface area contributed by atoms with Crippen LogP contribution in [0, 0.1) is 23.6 Å². The highest BCUT2D eigenvalue weighted by atomic mass is 32.2. The van der Waals surface area contributed by atoms with Crippen LogP contribution in [0.3, 0.4) is 0 Å². The van der Waals surface area contributed by atoms with Gasteiger partial charge >= 0.3 is 18.2 Å². The van der Waals surface area contributed by atoms with Gasteiger partial charge in [-0.1, -0.05) is 55.3 Å². The number of nitrogens with zero attached hydrogens (tertiary/aromatic N) is 1. The summed E-state index contributed by atoms with van der Waals surface area (Å²) in [6.07, 6.45) is -8.02. The number of fused-ring (bicyclic) bond motifs is 1. The normalized spacial score (nSPS) is 17.6. The van der Waals surface area contributed by atoms with Gasteiger partial charge in [0.05, 0.1) is 17.3 Å². The third-order valence-electron chi connectivity index (χ3n) is 8.34. The lowest BCUT2D eigenvalue weighted by atomic mass is 9.83. The Morgan fingerprint density at radius 1 is 0.909 bits per heavy atom. The van der Waals surface area contributed by atoms with Crippen LogP contribution in [0.1, 0.15) is 84.8 Å². The Morgan fingerprint density at radius 2 is 1.56 bits per heavy atom. The summed E-state index contributed by atoms with van der Waals surface area (Å²) in [4.78, 5) is 71.3. The van der Waals surface area contributed by atoms with E-state index < -0.39 is 89.9 Å². The third-order valence-corrected chi connectivity index (χ3v) is 9.18. The fourth-order valence-corrected chi connectivity index (χ4v) is 6.49. The summed E-state index contributed by atoms with van der Waals surface area (Å²) in [6, 6.07) is 11.2. The topological polar surface area (TPSA) is 164 Å². The maximum Gasteiger partial charge on any atom is 0.408 e. The van der Waals surface area contributed by atoms with Crippen molar-refractivity contribution in [1.29, 1.82) is 0 Å². The molecule has 2 aliphatic rings. The van der Waals surface area contributed by atoms with E-state index in [1.54, 1.807) is 71.9 Å². The molecular formula is C38H47F4N5O7S. The number of benzodiazepines with no additional fused rings is 1. The van der Waals surface area contributed by atoms with Gasteiger partial charge in [-0.05, 0) is 78.3 Å². The molecule has 4 unspecified atom stereocenters. The summed E-state index contributed by atoms with van der Waals surface area (Å²) in [5.41, 5.74) is -1.16. The second kappa shape index (κ2) is 17.9. The summed E-state index contributed by atoms with van der Waals surface area (Å²) in [5, 5.41) is 7.31. The molecule has 12 nitrogen and oxygen atoms in total. The van der Waals surface area contributed by atoms with E-state index in [1.807, 2.05) is 0 Å². The first-order valence-electron chi connectivity index (χ1n) is 17.8. The van der Waals surface area contributed by atoms with Crippen molar-refractivity contribution < 1.29 is 51.0 Å². The van der Waals surface area contributed by atoms with E-state index in [4.69, 9.17) is 9.47 Å². The number of halogens is 4. The van der Waals surface area contributed by atoms with Crippen LogP contribution in [0.25, 0.3) is 0 Å². The highest BCUT2D eigenvalue weighted by molar-refractivity contribution is 7.98. The smallest absolute Gasteiger partial charge is 0.408 e. The first-order chi connectivity index (χ1) is 25.6. The number of amides is 4. The van der Waals surface area contributed by atoms with Gasteiger partial charge in [0, 0.05) is 29.2 Å². The van der Waals surface area contributed by atoms with E-state index in [0.29, 0.717) is 30.4 Å². The van der Waals surface area contributed by atoms with Gasteiger partial charge in [0.2, 0.25) is 18.0 Å². The fraction of sp³-hybridized carbons (Fsp3) is 0.526. The minimum atomic E-state index is -4.68. The number of carbonyl (C=O) groups excluding carboxylic acids is 5. The molecule has 55 heavy (non-hydrogen) atoms. The van der Waals surface area contributed by atoms with Crippen LogP contribution in [0.2, 0.25) is 0 Å². The van der Waals surface area contributed by atoms with Crippen molar-refractivity contribution in [1.82, 2.24) is 15.4 Å². The minimum absolute atomic E-state index is 0.0355. The SMILES string of the molecule is CC(C)(C)OC(=O)NC(CSNC(=O)C(CC1CC1)C(CCC(F)(F)F)C(=O)NC1N=C(c2ccccc2)c2cccc(F)c2NC1=O)C(=O)OC(C)(C)C. The van der Waals surface area contributed by atoms with Gasteiger partial charge in [-0.15, -0.1) is 0 Å². The zero-order chi connectivity index (χ0) is 40.7. The number of alkyl carbamates (subject to hydrolysis) is 1. The third kappa shape index (κ3) is 13.5. The number of esters is 1. The number of rotatable bonds is 14. The number of nitrogens with one attached hydrogen (secondary N) is 4. The van der Waals surface area contributed by atoms with Crippen LogP contribution in [-0.2, 0) is 28.7 Å². The lowest BCUT2D eigenvalue weighted by molar-refractivity contribution is -0.156. The maximum absolute atomic E-state index is 15.0. The Balaban J connectivity index is 1.59. The summed E-state index contributed by atoms with van der Waals surface area (Å²) in [6.45, 7) is 9.77. The molecule has 4 amide bonds. The highest BCUT2D eigenvalue weighted by Gasteiger charge is 2.42. The van der Waals surface area contributed by atoms with E-state index in [-0.39, 0.29) is 35.1 Å². The van der Waals surface area contributed by atoms with Gasteiger partial charge in [-0.3, -0.25) is 19.1 Å². The highest BCUT2D eigenvalue weighted by Crippen LogP contribution is 2.40. The van der Waals surface area contributed by atoms with Crippen LogP contribution >= 0.6 is 11.9 Å². The van der Waals surface area contributed by atoms with Gasteiger partial charge in [0.15, 0.2) is 0 Å². The molecule has 0 saturated heterocycles. The molecule has 1 aliphatic heterocycles. The van der Waals surface area contributed by atoms with E-state index in [0.717, 1.165) is 6.07 Å². The monoisotopic (exact) mass is 793 g/mol. The van der Waals surface area contributed by atoms with E-state index in [2.05, 4.69) is 25.7 Å². The van der Waals surface area contributed by atoms with Gasteiger partial charge in [0.25, 0.3) is 5.91 Å². The number of benzene rings is 2. The predicted molar refractivity (Wildman–Crippen MR) is 198 cm³/mol. The number of anilines is 1. The van der Waals surface area contributed by atoms with Crippen LogP contribution in [0.4, 0.5) is 28.0 Å². The second-order valence-electron chi connectivity index (χ2n) is 15.5. The molecule has 1 saturated carbocycles. The number of aliphatic imine (C=N–C) groups is 1. The molecule has 4 N–H and O–H groups in total. The molecule has 4 rings (SSSR count). The number of hydrogen-bond donors (Lipinski definition) is 4. The number of para-hydroxylation sites is 1. The molecule has 1 fully saturated rings. The zero-order valence-corrected chi connectivity index (χ0v) is 32.3. The quantitative estimate of drug-likeness (QED) is 0.0966. The lowest BCUT2D eigenvalue weighted by Gasteiger charge is -2.28. The van der Waals surface area contributed by atoms with E-state index >= 15 is 0 Å². The molecule has 0 radical (unpaired) electrons. The van der Waals surface area contributed by atoms with Crippen molar-refractivity contribution in [3.05, 3.63) is 65.5 Å². The second-order valence-corrected chi connectivity index (χ2v) is 16.3. The van der Waals surface area contributed by atoms with Gasteiger partial charge in [-0.2, -0.15) is 13.2 Å². The maximum atomic E-state index is 15.0. The van der Waals surface area contributed by atoms with Gasteiger partial charge < -0.3 is 25.4 Å². The first-order valence-corrected chi connectivity index (χ1v) is 18.8.